The Morgan fingerprint density at radius 1 is 1.60 bits per heavy atom. The van der Waals surface area contributed by atoms with Crippen LogP contribution in [0.25, 0.3) is 0 Å². The summed E-state index contributed by atoms with van der Waals surface area (Å²) in [6.45, 7) is 2.87. The van der Waals surface area contributed by atoms with Crippen LogP contribution in [0.15, 0.2) is 12.3 Å². The van der Waals surface area contributed by atoms with E-state index in [0.717, 1.165) is 32.1 Å². The lowest BCUT2D eigenvalue weighted by Gasteiger charge is -2.20. The molecule has 0 unspecified atom stereocenters. The normalized spacial score (nSPS) is 16.2. The van der Waals surface area contributed by atoms with Crippen molar-refractivity contribution in [2.75, 3.05) is 13.1 Å². The second-order valence-electron chi connectivity index (χ2n) is 4.32. The summed E-state index contributed by atoms with van der Waals surface area (Å²) in [6.07, 6.45) is 5.78. The highest BCUT2D eigenvalue weighted by Crippen LogP contribution is 2.27. The number of nitrogens with zero attached hydrogens (tertiary/aromatic N) is 3. The summed E-state index contributed by atoms with van der Waals surface area (Å²) in [5, 5.41) is 4.41. The van der Waals surface area contributed by atoms with Crippen LogP contribution in [0.3, 0.4) is 0 Å². The molecular weight excluding hydrogens is 188 g/mol. The van der Waals surface area contributed by atoms with Crippen LogP contribution in [0.5, 0.6) is 0 Å². The Morgan fingerprint density at radius 2 is 2.40 bits per heavy atom. The molecule has 0 saturated heterocycles. The van der Waals surface area contributed by atoms with Crippen molar-refractivity contribution in [1.29, 1.82) is 0 Å². The van der Waals surface area contributed by atoms with Gasteiger partial charge in [-0.05, 0) is 31.9 Å². The van der Waals surface area contributed by atoms with Gasteiger partial charge in [-0.25, -0.2) is 0 Å². The van der Waals surface area contributed by atoms with Crippen LogP contribution in [-0.2, 0) is 13.6 Å². The van der Waals surface area contributed by atoms with Crippen LogP contribution < -0.4 is 5.73 Å². The summed E-state index contributed by atoms with van der Waals surface area (Å²) in [5.74, 6) is 0. The minimum atomic E-state index is 0.783. The van der Waals surface area contributed by atoms with Gasteiger partial charge in [0.2, 0.25) is 0 Å². The maximum Gasteiger partial charge on any atom is 0.0764 e. The first-order valence-electron chi connectivity index (χ1n) is 5.72. The molecule has 1 aromatic heterocycles. The maximum absolute atomic E-state index is 5.55. The predicted octanol–water partition coefficient (Wildman–Crippen LogP) is 0.733. The molecule has 1 aliphatic rings. The fourth-order valence-electron chi connectivity index (χ4n) is 1.88. The maximum atomic E-state index is 5.55. The number of aryl methyl sites for hydroxylation is 1. The summed E-state index contributed by atoms with van der Waals surface area (Å²) in [6, 6.07) is 2.89. The zero-order valence-electron chi connectivity index (χ0n) is 9.39. The van der Waals surface area contributed by atoms with E-state index in [1.54, 1.807) is 0 Å². The number of aromatic nitrogens is 2. The van der Waals surface area contributed by atoms with Crippen LogP contribution in [-0.4, -0.2) is 33.8 Å². The molecule has 84 valence electrons. The highest BCUT2D eigenvalue weighted by atomic mass is 15.3. The third-order valence-corrected chi connectivity index (χ3v) is 2.85. The summed E-state index contributed by atoms with van der Waals surface area (Å²) >= 11 is 0. The van der Waals surface area contributed by atoms with E-state index in [1.165, 1.54) is 18.5 Å². The van der Waals surface area contributed by atoms with Gasteiger partial charge in [-0.2, -0.15) is 5.10 Å². The van der Waals surface area contributed by atoms with Crippen molar-refractivity contribution in [3.63, 3.8) is 0 Å². The molecule has 0 aliphatic heterocycles. The van der Waals surface area contributed by atoms with Crippen LogP contribution in [0.2, 0.25) is 0 Å². The lowest BCUT2D eigenvalue weighted by molar-refractivity contribution is 0.249. The summed E-state index contributed by atoms with van der Waals surface area (Å²) in [5.41, 5.74) is 6.72. The average Bonchev–Trinajstić information content (AvgIpc) is 2.98. The van der Waals surface area contributed by atoms with Crippen molar-refractivity contribution in [1.82, 2.24) is 14.7 Å². The molecule has 0 bridgehead atoms. The Labute approximate surface area is 91.1 Å². The lowest BCUT2D eigenvalue weighted by Crippen LogP contribution is -2.28. The molecule has 0 amide bonds. The quantitative estimate of drug-likeness (QED) is 0.750. The van der Waals surface area contributed by atoms with Crippen LogP contribution >= 0.6 is 0 Å². The highest BCUT2D eigenvalue weighted by Gasteiger charge is 2.28. The summed E-state index contributed by atoms with van der Waals surface area (Å²) in [7, 11) is 1.96. The van der Waals surface area contributed by atoms with Crippen molar-refractivity contribution in [2.45, 2.75) is 31.8 Å². The second kappa shape index (κ2) is 4.77. The number of nitrogens with two attached hydrogens (primary N) is 1. The molecule has 2 rings (SSSR count). The molecule has 4 nitrogen and oxygen atoms in total. The van der Waals surface area contributed by atoms with Crippen molar-refractivity contribution in [2.24, 2.45) is 12.8 Å². The fourth-order valence-corrected chi connectivity index (χ4v) is 1.88. The predicted molar refractivity (Wildman–Crippen MR) is 60.3 cm³/mol. The van der Waals surface area contributed by atoms with Gasteiger partial charge in [-0.1, -0.05) is 0 Å². The van der Waals surface area contributed by atoms with Gasteiger partial charge in [0.05, 0.1) is 5.69 Å². The SMILES string of the molecule is Cn1ccc(CN(CCCN)C2CC2)n1. The Kier molecular flexibility index (Phi) is 3.38. The van der Waals surface area contributed by atoms with E-state index in [9.17, 15) is 0 Å². The van der Waals surface area contributed by atoms with Gasteiger partial charge in [0.25, 0.3) is 0 Å². The molecule has 0 atom stereocenters. The standard InChI is InChI=1S/C11H20N4/c1-14-8-5-10(13-14)9-15(7-2-6-12)11-3-4-11/h5,8,11H,2-4,6-7,9,12H2,1H3. The van der Waals surface area contributed by atoms with Crippen molar-refractivity contribution >= 4 is 0 Å². The molecule has 2 N–H and O–H groups in total. The molecule has 15 heavy (non-hydrogen) atoms. The largest absolute Gasteiger partial charge is 0.330 e. The smallest absolute Gasteiger partial charge is 0.0764 e. The second-order valence-corrected chi connectivity index (χ2v) is 4.32. The average molecular weight is 208 g/mol. The molecule has 0 aromatic carbocycles. The molecule has 1 saturated carbocycles. The first-order chi connectivity index (χ1) is 7.29. The Hall–Kier alpha value is -0.870. The van der Waals surface area contributed by atoms with E-state index >= 15 is 0 Å². The van der Waals surface area contributed by atoms with Crippen molar-refractivity contribution < 1.29 is 0 Å². The van der Waals surface area contributed by atoms with Crippen molar-refractivity contribution in [3.05, 3.63) is 18.0 Å². The van der Waals surface area contributed by atoms with Gasteiger partial charge in [0.1, 0.15) is 0 Å². The zero-order valence-corrected chi connectivity index (χ0v) is 9.39. The summed E-state index contributed by atoms with van der Waals surface area (Å²) < 4.78 is 1.86. The fraction of sp³-hybridized carbons (Fsp3) is 0.727. The van der Waals surface area contributed by atoms with E-state index in [2.05, 4.69) is 16.1 Å². The van der Waals surface area contributed by atoms with Crippen LogP contribution in [0.1, 0.15) is 25.0 Å². The van der Waals surface area contributed by atoms with Crippen LogP contribution in [0.4, 0.5) is 0 Å². The number of hydrogen-bond donors (Lipinski definition) is 1. The molecule has 4 heteroatoms. The van der Waals surface area contributed by atoms with E-state index < -0.39 is 0 Å². The molecule has 1 heterocycles. The Balaban J connectivity index is 1.88. The van der Waals surface area contributed by atoms with E-state index in [1.807, 2.05) is 17.9 Å². The Morgan fingerprint density at radius 3 is 2.93 bits per heavy atom. The first kappa shape index (κ1) is 10.6. The van der Waals surface area contributed by atoms with E-state index in [4.69, 9.17) is 5.73 Å². The Bertz CT molecular complexity index is 303. The van der Waals surface area contributed by atoms with Gasteiger partial charge in [-0.15, -0.1) is 0 Å². The highest BCUT2D eigenvalue weighted by molar-refractivity contribution is 5.00. The first-order valence-corrected chi connectivity index (χ1v) is 5.72. The number of rotatable bonds is 6. The third kappa shape index (κ3) is 3.04. The minimum absolute atomic E-state index is 0.783. The lowest BCUT2D eigenvalue weighted by atomic mass is 10.3. The third-order valence-electron chi connectivity index (χ3n) is 2.85. The zero-order chi connectivity index (χ0) is 10.7. The molecule has 0 spiro atoms. The van der Waals surface area contributed by atoms with Gasteiger partial charge in [-0.3, -0.25) is 9.58 Å². The molecule has 1 fully saturated rings. The van der Waals surface area contributed by atoms with Gasteiger partial charge >= 0.3 is 0 Å². The van der Waals surface area contributed by atoms with Gasteiger partial charge in [0.15, 0.2) is 0 Å². The summed E-state index contributed by atoms with van der Waals surface area (Å²) in [4.78, 5) is 2.51. The van der Waals surface area contributed by atoms with Crippen molar-refractivity contribution in [3.8, 4) is 0 Å². The molecule has 1 aromatic rings. The molecule has 1 aliphatic carbocycles. The van der Waals surface area contributed by atoms with Gasteiger partial charge in [0, 0.05) is 32.4 Å². The monoisotopic (exact) mass is 208 g/mol. The van der Waals surface area contributed by atoms with E-state index in [-0.39, 0.29) is 0 Å². The number of hydrogen-bond acceptors (Lipinski definition) is 3. The topological polar surface area (TPSA) is 47.1 Å². The molecular formula is C11H20N4. The van der Waals surface area contributed by atoms with Gasteiger partial charge < -0.3 is 5.73 Å². The van der Waals surface area contributed by atoms with Crippen LogP contribution in [0, 0.1) is 0 Å². The molecule has 0 radical (unpaired) electrons. The minimum Gasteiger partial charge on any atom is -0.330 e. The van der Waals surface area contributed by atoms with E-state index in [0.29, 0.717) is 0 Å².